The van der Waals surface area contributed by atoms with Crippen molar-refractivity contribution in [3.05, 3.63) is 71.8 Å². The van der Waals surface area contributed by atoms with Crippen LogP contribution in [0.4, 0.5) is 0 Å². The topological polar surface area (TPSA) is 64.8 Å². The summed E-state index contributed by atoms with van der Waals surface area (Å²) in [4.78, 5) is 4.23. The molecule has 0 saturated carbocycles. The van der Waals surface area contributed by atoms with Crippen molar-refractivity contribution in [1.29, 1.82) is 0 Å². The average Bonchev–Trinajstić information content (AvgIpc) is 2.95. The van der Waals surface area contributed by atoms with Gasteiger partial charge in [-0.3, -0.25) is 0 Å². The Labute approximate surface area is 133 Å². The van der Waals surface area contributed by atoms with Crippen LogP contribution >= 0.6 is 11.6 Å². The third-order valence-electron chi connectivity index (χ3n) is 3.09. The zero-order valence-electron chi connectivity index (χ0n) is 11.4. The molecule has 0 spiro atoms. The number of benzene rings is 2. The van der Waals surface area contributed by atoms with Crippen molar-refractivity contribution < 1.29 is 8.42 Å². The number of hydrogen-bond acceptors (Lipinski definition) is 4. The van der Waals surface area contributed by atoms with Crippen LogP contribution in [0.1, 0.15) is 5.82 Å². The van der Waals surface area contributed by atoms with Gasteiger partial charge in [0.15, 0.2) is 9.84 Å². The molecule has 0 amide bonds. The first-order valence-electron chi connectivity index (χ1n) is 6.49. The van der Waals surface area contributed by atoms with Crippen molar-refractivity contribution in [2.75, 3.05) is 0 Å². The monoisotopic (exact) mass is 333 g/mol. The standard InChI is InChI=1S/C15H12ClN3O2S/c16-12-5-4-8-14(9-12)22(20,21)10-15-17-11-18-19(15)13-6-2-1-3-7-13/h1-9,11H,10H2. The molecule has 0 bridgehead atoms. The van der Waals surface area contributed by atoms with Crippen LogP contribution in [0.5, 0.6) is 0 Å². The fraction of sp³-hybridized carbons (Fsp3) is 0.0667. The second-order valence-corrected chi connectivity index (χ2v) is 7.07. The summed E-state index contributed by atoms with van der Waals surface area (Å²) >= 11 is 5.86. The molecule has 0 fully saturated rings. The summed E-state index contributed by atoms with van der Waals surface area (Å²) in [5.41, 5.74) is 0.760. The summed E-state index contributed by atoms with van der Waals surface area (Å²) in [6, 6.07) is 15.4. The lowest BCUT2D eigenvalue weighted by Crippen LogP contribution is -2.11. The zero-order valence-corrected chi connectivity index (χ0v) is 13.0. The number of hydrogen-bond donors (Lipinski definition) is 0. The summed E-state index contributed by atoms with van der Waals surface area (Å²) in [6.07, 6.45) is 1.34. The van der Waals surface area contributed by atoms with E-state index in [0.717, 1.165) is 5.69 Å². The average molecular weight is 334 g/mol. The van der Waals surface area contributed by atoms with Gasteiger partial charge in [-0.25, -0.2) is 18.1 Å². The molecule has 22 heavy (non-hydrogen) atoms. The van der Waals surface area contributed by atoms with Gasteiger partial charge in [0.05, 0.1) is 10.6 Å². The Balaban J connectivity index is 1.96. The second kappa shape index (κ2) is 5.90. The first-order chi connectivity index (χ1) is 10.6. The molecule has 0 aliphatic heterocycles. The third-order valence-corrected chi connectivity index (χ3v) is 4.94. The van der Waals surface area contributed by atoms with Crippen LogP contribution in [0, 0.1) is 0 Å². The molecule has 0 unspecified atom stereocenters. The predicted molar refractivity (Wildman–Crippen MR) is 83.7 cm³/mol. The van der Waals surface area contributed by atoms with Crippen molar-refractivity contribution in [1.82, 2.24) is 14.8 Å². The van der Waals surface area contributed by atoms with Crippen LogP contribution in [0.25, 0.3) is 5.69 Å². The fourth-order valence-corrected chi connectivity index (χ4v) is 3.61. The maximum atomic E-state index is 12.5. The van der Waals surface area contributed by atoms with E-state index in [-0.39, 0.29) is 10.6 Å². The Bertz CT molecular complexity index is 892. The molecule has 5 nitrogen and oxygen atoms in total. The van der Waals surface area contributed by atoms with Crippen LogP contribution in [0.3, 0.4) is 0 Å². The molecule has 1 heterocycles. The van der Waals surface area contributed by atoms with Gasteiger partial charge in [-0.15, -0.1) is 0 Å². The van der Waals surface area contributed by atoms with Crippen LogP contribution in [0.15, 0.2) is 65.8 Å². The zero-order chi connectivity index (χ0) is 15.6. The van der Waals surface area contributed by atoms with Gasteiger partial charge in [-0.2, -0.15) is 5.10 Å². The molecule has 3 aromatic rings. The van der Waals surface area contributed by atoms with Crippen molar-refractivity contribution in [2.24, 2.45) is 0 Å². The van der Waals surface area contributed by atoms with E-state index in [0.29, 0.717) is 10.8 Å². The molecule has 0 saturated heterocycles. The van der Waals surface area contributed by atoms with Gasteiger partial charge in [0.25, 0.3) is 0 Å². The molecule has 2 aromatic carbocycles. The number of aromatic nitrogens is 3. The number of halogens is 1. The van der Waals surface area contributed by atoms with Gasteiger partial charge in [0.1, 0.15) is 17.9 Å². The molecule has 0 aliphatic rings. The van der Waals surface area contributed by atoms with E-state index in [2.05, 4.69) is 10.1 Å². The fourth-order valence-electron chi connectivity index (χ4n) is 2.06. The van der Waals surface area contributed by atoms with Gasteiger partial charge in [0.2, 0.25) is 0 Å². The number of rotatable bonds is 4. The molecule has 0 N–H and O–H groups in total. The van der Waals surface area contributed by atoms with Gasteiger partial charge in [-0.05, 0) is 30.3 Å². The summed E-state index contributed by atoms with van der Waals surface area (Å²) in [7, 11) is -3.54. The van der Waals surface area contributed by atoms with Crippen LogP contribution in [0.2, 0.25) is 5.02 Å². The minimum absolute atomic E-state index is 0.169. The van der Waals surface area contributed by atoms with Gasteiger partial charge < -0.3 is 0 Å². The summed E-state index contributed by atoms with van der Waals surface area (Å²) < 4.78 is 26.5. The van der Waals surface area contributed by atoms with Crippen molar-refractivity contribution >= 4 is 21.4 Å². The first kappa shape index (κ1) is 14.7. The maximum Gasteiger partial charge on any atom is 0.185 e. The highest BCUT2D eigenvalue weighted by atomic mass is 35.5. The van der Waals surface area contributed by atoms with Crippen LogP contribution < -0.4 is 0 Å². The highest BCUT2D eigenvalue weighted by Gasteiger charge is 2.20. The van der Waals surface area contributed by atoms with Crippen LogP contribution in [-0.2, 0) is 15.6 Å². The molecule has 0 radical (unpaired) electrons. The van der Waals surface area contributed by atoms with Gasteiger partial charge in [0, 0.05) is 5.02 Å². The lowest BCUT2D eigenvalue weighted by Gasteiger charge is -2.07. The van der Waals surface area contributed by atoms with E-state index in [1.165, 1.54) is 23.1 Å². The minimum atomic E-state index is -3.54. The van der Waals surface area contributed by atoms with Crippen molar-refractivity contribution in [3.8, 4) is 5.69 Å². The highest BCUT2D eigenvalue weighted by molar-refractivity contribution is 7.90. The smallest absolute Gasteiger partial charge is 0.185 e. The lowest BCUT2D eigenvalue weighted by atomic mass is 10.3. The van der Waals surface area contributed by atoms with E-state index in [9.17, 15) is 8.42 Å². The van der Waals surface area contributed by atoms with E-state index >= 15 is 0 Å². The molecule has 0 aliphatic carbocycles. The van der Waals surface area contributed by atoms with Crippen LogP contribution in [-0.4, -0.2) is 23.2 Å². The van der Waals surface area contributed by atoms with E-state index < -0.39 is 9.84 Å². The highest BCUT2D eigenvalue weighted by Crippen LogP contribution is 2.20. The molecule has 3 rings (SSSR count). The summed E-state index contributed by atoms with van der Waals surface area (Å²) in [5.74, 6) is 0.105. The van der Waals surface area contributed by atoms with E-state index in [4.69, 9.17) is 11.6 Å². The quantitative estimate of drug-likeness (QED) is 0.736. The summed E-state index contributed by atoms with van der Waals surface area (Å²) in [5, 5.41) is 4.48. The predicted octanol–water partition coefficient (Wildman–Crippen LogP) is 2.89. The second-order valence-electron chi connectivity index (χ2n) is 4.64. The van der Waals surface area contributed by atoms with Gasteiger partial charge >= 0.3 is 0 Å². The van der Waals surface area contributed by atoms with Crippen molar-refractivity contribution in [2.45, 2.75) is 10.6 Å². The number of nitrogens with zero attached hydrogens (tertiary/aromatic N) is 3. The Morgan fingerprint density at radius 1 is 1.05 bits per heavy atom. The molecule has 1 aromatic heterocycles. The SMILES string of the molecule is O=S(=O)(Cc1ncnn1-c1ccccc1)c1cccc(Cl)c1. The Morgan fingerprint density at radius 3 is 2.55 bits per heavy atom. The molecule has 0 atom stereocenters. The van der Waals surface area contributed by atoms with E-state index in [1.54, 1.807) is 12.1 Å². The molecular formula is C15H12ClN3O2S. The van der Waals surface area contributed by atoms with Gasteiger partial charge in [-0.1, -0.05) is 35.9 Å². The molecular weight excluding hydrogens is 322 g/mol. The Hall–Kier alpha value is -2.18. The van der Waals surface area contributed by atoms with E-state index in [1.807, 2.05) is 30.3 Å². The Morgan fingerprint density at radius 2 is 1.82 bits per heavy atom. The Kier molecular flexibility index (Phi) is 3.96. The lowest BCUT2D eigenvalue weighted by molar-refractivity contribution is 0.592. The third kappa shape index (κ3) is 3.03. The minimum Gasteiger partial charge on any atom is -0.223 e. The molecule has 7 heteroatoms. The molecule has 112 valence electrons. The number of para-hydroxylation sites is 1. The maximum absolute atomic E-state index is 12.5. The largest absolute Gasteiger partial charge is 0.223 e. The number of sulfone groups is 1. The normalized spacial score (nSPS) is 11.5. The van der Waals surface area contributed by atoms with Crippen molar-refractivity contribution in [3.63, 3.8) is 0 Å². The summed E-state index contributed by atoms with van der Waals surface area (Å²) in [6.45, 7) is 0. The first-order valence-corrected chi connectivity index (χ1v) is 8.52.